The molecule has 1 aromatic carbocycles. The lowest BCUT2D eigenvalue weighted by Gasteiger charge is -2.13. The summed E-state index contributed by atoms with van der Waals surface area (Å²) in [6.07, 6.45) is 2.58. The van der Waals surface area contributed by atoms with E-state index in [-0.39, 0.29) is 0 Å². The summed E-state index contributed by atoms with van der Waals surface area (Å²) in [5.41, 5.74) is 4.66. The average Bonchev–Trinajstić information content (AvgIpc) is 3.14. The van der Waals surface area contributed by atoms with Crippen LogP contribution in [0, 0.1) is 6.92 Å². The highest BCUT2D eigenvalue weighted by Gasteiger charge is 2.15. The van der Waals surface area contributed by atoms with E-state index >= 15 is 0 Å². The molecule has 0 radical (unpaired) electrons. The van der Waals surface area contributed by atoms with Crippen molar-refractivity contribution >= 4 is 74.3 Å². The van der Waals surface area contributed by atoms with E-state index in [0.717, 1.165) is 38.8 Å². The summed E-state index contributed by atoms with van der Waals surface area (Å²) in [5, 5.41) is 3.93. The molecule has 174 valence electrons. The van der Waals surface area contributed by atoms with E-state index in [1.807, 2.05) is 54.5 Å². The SMILES string of the molecule is CC.CC.CC.COCc1ccc(Nc2cc(Cl)nc3c2nc(C)n3PI)c(SC)c1. The highest BCUT2D eigenvalue weighted by atomic mass is 127. The van der Waals surface area contributed by atoms with Crippen molar-refractivity contribution in [2.45, 2.75) is 60.0 Å². The second-order valence-electron chi connectivity index (χ2n) is 5.34. The van der Waals surface area contributed by atoms with Crippen LogP contribution >= 0.6 is 51.8 Å². The number of methoxy groups -OCH3 is 1. The van der Waals surface area contributed by atoms with Crippen LogP contribution in [0.1, 0.15) is 52.9 Å². The Morgan fingerprint density at radius 2 is 1.74 bits per heavy atom. The van der Waals surface area contributed by atoms with Crippen LogP contribution in [0.15, 0.2) is 29.2 Å². The normalized spacial score (nSPS) is 10.0. The number of fused-ring (bicyclic) bond motifs is 1. The number of pyridine rings is 1. The molecule has 9 heteroatoms. The number of anilines is 2. The second kappa shape index (κ2) is 17.0. The van der Waals surface area contributed by atoms with Crippen molar-refractivity contribution in [3.63, 3.8) is 0 Å². The molecule has 31 heavy (non-hydrogen) atoms. The number of benzene rings is 1. The Kier molecular flexibility index (Phi) is 16.6. The summed E-state index contributed by atoms with van der Waals surface area (Å²) >= 11 is 10.3. The number of nitrogens with zero attached hydrogens (tertiary/aromatic N) is 3. The van der Waals surface area contributed by atoms with E-state index in [2.05, 4.69) is 66.1 Å². The number of aromatic nitrogens is 3. The summed E-state index contributed by atoms with van der Waals surface area (Å²) < 4.78 is 7.29. The second-order valence-corrected chi connectivity index (χ2v) is 8.64. The molecular formula is C22H35ClIN4OPS. The minimum atomic E-state index is 0.451. The summed E-state index contributed by atoms with van der Waals surface area (Å²) in [7, 11) is 1.70. The molecule has 2 heterocycles. The number of hydrogen-bond donors (Lipinski definition) is 1. The van der Waals surface area contributed by atoms with Crippen molar-refractivity contribution in [1.82, 2.24) is 14.3 Å². The lowest BCUT2D eigenvalue weighted by molar-refractivity contribution is 0.185. The van der Waals surface area contributed by atoms with Gasteiger partial charge in [0.2, 0.25) is 0 Å². The molecule has 0 spiro atoms. The predicted octanol–water partition coefficient (Wildman–Crippen LogP) is 8.88. The fraction of sp³-hybridized carbons (Fsp3) is 0.455. The van der Waals surface area contributed by atoms with Gasteiger partial charge in [-0.2, -0.15) is 0 Å². The van der Waals surface area contributed by atoms with Gasteiger partial charge in [-0.25, -0.2) is 9.97 Å². The quantitative estimate of drug-likeness (QED) is 0.133. The van der Waals surface area contributed by atoms with Crippen molar-refractivity contribution in [3.8, 4) is 0 Å². The minimum absolute atomic E-state index is 0.451. The Morgan fingerprint density at radius 1 is 1.10 bits per heavy atom. The zero-order valence-electron chi connectivity index (χ0n) is 19.9. The number of thioether (sulfide) groups is 1. The van der Waals surface area contributed by atoms with Crippen LogP contribution in [0.25, 0.3) is 11.2 Å². The van der Waals surface area contributed by atoms with E-state index < -0.39 is 0 Å². The van der Waals surface area contributed by atoms with Gasteiger partial charge in [-0.15, -0.1) is 11.8 Å². The van der Waals surface area contributed by atoms with Gasteiger partial charge in [-0.05, 0) is 52.9 Å². The predicted molar refractivity (Wildman–Crippen MR) is 151 cm³/mol. The van der Waals surface area contributed by atoms with Gasteiger partial charge in [0.1, 0.15) is 16.5 Å². The van der Waals surface area contributed by atoms with Crippen LogP contribution in [0.3, 0.4) is 0 Å². The largest absolute Gasteiger partial charge is 0.380 e. The highest BCUT2D eigenvalue weighted by molar-refractivity contribution is 14.2. The molecule has 0 amide bonds. The standard InChI is InChI=1S/C16H17ClIN4OPS.3C2H6/c1-9-19-15-12(7-14(17)21-16(15)22(9)24-18)20-11-5-4-10(8-23-2)6-13(11)25-3;3*1-2/h4-7,24H,8H2,1-3H3,(H,20,21);3*1-2H3. The number of halogens is 2. The van der Waals surface area contributed by atoms with E-state index in [4.69, 9.17) is 16.3 Å². The summed E-state index contributed by atoms with van der Waals surface area (Å²) in [5.74, 6) is 0.932. The van der Waals surface area contributed by atoms with E-state index in [9.17, 15) is 0 Å². The minimum Gasteiger partial charge on any atom is -0.380 e. The Balaban J connectivity index is 0.00000138. The molecule has 5 nitrogen and oxygen atoms in total. The molecular weight excluding hydrogens is 562 g/mol. The molecule has 3 aromatic rings. The molecule has 0 aliphatic rings. The lowest BCUT2D eigenvalue weighted by Crippen LogP contribution is -1.97. The monoisotopic (exact) mass is 596 g/mol. The first-order valence-corrected chi connectivity index (χ1v) is 16.1. The molecule has 0 aliphatic heterocycles. The third kappa shape index (κ3) is 8.35. The van der Waals surface area contributed by atoms with Gasteiger partial charge >= 0.3 is 0 Å². The first kappa shape index (κ1) is 30.4. The number of ether oxygens (including phenoxy) is 1. The molecule has 1 atom stereocenters. The molecule has 0 bridgehead atoms. The van der Waals surface area contributed by atoms with E-state index in [1.165, 1.54) is 0 Å². The highest BCUT2D eigenvalue weighted by Crippen LogP contribution is 2.36. The Bertz CT molecular complexity index is 924. The fourth-order valence-corrected chi connectivity index (χ4v) is 5.50. The maximum Gasteiger partial charge on any atom is 0.167 e. The molecule has 1 N–H and O–H groups in total. The van der Waals surface area contributed by atoms with Crippen molar-refractivity contribution in [1.29, 1.82) is 0 Å². The Morgan fingerprint density at radius 3 is 2.29 bits per heavy atom. The third-order valence-corrected chi connectivity index (χ3v) is 6.81. The Labute approximate surface area is 211 Å². The van der Waals surface area contributed by atoms with Gasteiger partial charge < -0.3 is 10.1 Å². The first-order chi connectivity index (χ1) is 15.1. The Hall–Kier alpha value is -0.600. The molecule has 0 aliphatic carbocycles. The van der Waals surface area contributed by atoms with Gasteiger partial charge in [0.25, 0.3) is 0 Å². The fourth-order valence-electron chi connectivity index (χ4n) is 2.56. The molecule has 0 fully saturated rings. The topological polar surface area (TPSA) is 52.0 Å². The summed E-state index contributed by atoms with van der Waals surface area (Å²) in [4.78, 5) is 10.3. The molecule has 0 saturated heterocycles. The first-order valence-electron chi connectivity index (χ1n) is 10.4. The number of nitrogens with one attached hydrogen (secondary N) is 1. The summed E-state index contributed by atoms with van der Waals surface area (Å²) in [6.45, 7) is 14.6. The van der Waals surface area contributed by atoms with Crippen LogP contribution in [0.4, 0.5) is 11.4 Å². The van der Waals surface area contributed by atoms with Crippen molar-refractivity contribution < 1.29 is 4.74 Å². The smallest absolute Gasteiger partial charge is 0.167 e. The van der Waals surface area contributed by atoms with Crippen LogP contribution in [-0.2, 0) is 11.3 Å². The number of imidazole rings is 1. The van der Waals surface area contributed by atoms with E-state index in [0.29, 0.717) is 18.1 Å². The van der Waals surface area contributed by atoms with Crippen LogP contribution in [-0.4, -0.2) is 27.7 Å². The zero-order valence-corrected chi connectivity index (χ0v) is 24.7. The van der Waals surface area contributed by atoms with Gasteiger partial charge in [0, 0.05) is 18.1 Å². The summed E-state index contributed by atoms with van der Waals surface area (Å²) in [6, 6.07) is 8.07. The van der Waals surface area contributed by atoms with Crippen LogP contribution < -0.4 is 5.32 Å². The number of aryl methyl sites for hydroxylation is 1. The zero-order chi connectivity index (χ0) is 24.0. The van der Waals surface area contributed by atoms with Gasteiger partial charge in [0.15, 0.2) is 5.65 Å². The van der Waals surface area contributed by atoms with Crippen molar-refractivity contribution in [2.75, 3.05) is 18.7 Å². The molecule has 0 saturated carbocycles. The van der Waals surface area contributed by atoms with E-state index in [1.54, 1.807) is 18.9 Å². The van der Waals surface area contributed by atoms with Crippen LogP contribution in [0.2, 0.25) is 5.15 Å². The maximum absolute atomic E-state index is 6.26. The van der Waals surface area contributed by atoms with Gasteiger partial charge in [0.05, 0.1) is 24.4 Å². The number of rotatable bonds is 6. The lowest BCUT2D eigenvalue weighted by atomic mass is 10.2. The van der Waals surface area contributed by atoms with Gasteiger partial charge in [-0.1, -0.05) is 59.2 Å². The molecule has 3 rings (SSSR count). The van der Waals surface area contributed by atoms with Gasteiger partial charge in [-0.3, -0.25) is 4.34 Å². The molecule has 1 unspecified atom stereocenters. The maximum atomic E-state index is 6.26. The van der Waals surface area contributed by atoms with Crippen molar-refractivity contribution in [3.05, 3.63) is 40.8 Å². The average molecular weight is 597 g/mol. The number of hydrogen-bond acceptors (Lipinski definition) is 5. The molecule has 2 aromatic heterocycles. The third-order valence-electron chi connectivity index (χ3n) is 3.68. The van der Waals surface area contributed by atoms with Crippen LogP contribution in [0.5, 0.6) is 0 Å². The van der Waals surface area contributed by atoms with Crippen molar-refractivity contribution in [2.24, 2.45) is 0 Å².